The van der Waals surface area contributed by atoms with Crippen LogP contribution >= 0.6 is 0 Å². The predicted octanol–water partition coefficient (Wildman–Crippen LogP) is 6.34. The zero-order valence-electron chi connectivity index (χ0n) is 22.0. The lowest BCUT2D eigenvalue weighted by Gasteiger charge is -2.20. The number of methoxy groups -OCH3 is 1. The van der Waals surface area contributed by atoms with Crippen molar-refractivity contribution in [1.82, 2.24) is 4.98 Å². The quantitative estimate of drug-likeness (QED) is 0.168. The Balaban J connectivity index is 1.35. The Labute approximate surface area is 223 Å². The molecule has 0 saturated heterocycles. The zero-order valence-corrected chi connectivity index (χ0v) is 22.0. The molecule has 1 aliphatic carbocycles. The van der Waals surface area contributed by atoms with E-state index in [2.05, 4.69) is 15.9 Å². The van der Waals surface area contributed by atoms with E-state index in [1.165, 1.54) is 17.2 Å². The molecule has 1 aliphatic rings. The minimum absolute atomic E-state index is 0.152. The Morgan fingerprint density at radius 3 is 2.66 bits per heavy atom. The van der Waals surface area contributed by atoms with Gasteiger partial charge in [-0.3, -0.25) is 4.79 Å². The van der Waals surface area contributed by atoms with Crippen LogP contribution in [0.15, 0.2) is 48.5 Å². The van der Waals surface area contributed by atoms with Crippen molar-refractivity contribution in [3.8, 4) is 22.8 Å². The molecule has 0 unspecified atom stereocenters. The second-order valence-electron chi connectivity index (χ2n) is 9.23. The third kappa shape index (κ3) is 6.23. The van der Waals surface area contributed by atoms with Gasteiger partial charge in [-0.1, -0.05) is 18.2 Å². The number of carbonyl (C=O) groups is 1. The summed E-state index contributed by atoms with van der Waals surface area (Å²) in [5.41, 5.74) is 3.72. The summed E-state index contributed by atoms with van der Waals surface area (Å²) in [6, 6.07) is 14.5. The van der Waals surface area contributed by atoms with E-state index in [9.17, 15) is 9.18 Å². The molecule has 0 aliphatic heterocycles. The minimum atomic E-state index is -0.535. The normalized spacial score (nSPS) is 13.9. The van der Waals surface area contributed by atoms with Crippen molar-refractivity contribution in [2.75, 3.05) is 38.8 Å². The summed E-state index contributed by atoms with van der Waals surface area (Å²) in [6.45, 7) is 10.7. The Morgan fingerprint density at radius 2 is 1.95 bits per heavy atom. The van der Waals surface area contributed by atoms with Crippen LogP contribution in [-0.2, 0) is 16.0 Å². The lowest BCUT2D eigenvalue weighted by atomic mass is 9.98. The summed E-state index contributed by atoms with van der Waals surface area (Å²) < 4.78 is 31.1. The van der Waals surface area contributed by atoms with E-state index in [-0.39, 0.29) is 23.4 Å². The average Bonchev–Trinajstić information content (AvgIpc) is 3.32. The number of pyridine rings is 1. The van der Waals surface area contributed by atoms with Gasteiger partial charge in [0.15, 0.2) is 11.6 Å². The molecule has 0 bridgehead atoms. The van der Waals surface area contributed by atoms with E-state index in [0.29, 0.717) is 44.0 Å². The second kappa shape index (κ2) is 12.4. The van der Waals surface area contributed by atoms with E-state index >= 15 is 0 Å². The maximum Gasteiger partial charge on any atom is 0.306 e. The lowest BCUT2D eigenvalue weighted by molar-refractivity contribution is -0.143. The standard InChI is InChI=1S/C30H32FN3O4/c1-5-37-28(35)18-22-8-7-21-17-24(13-14-25(21)22)38-16-6-15-34(3)30-26(31)19-27(32-2)29(33-30)20-9-11-23(36-4)12-10-20/h9-14,17,19,22H,5-8,15-16,18H2,1,3-4H3/t22-/m0/s1. The Morgan fingerprint density at radius 1 is 1.18 bits per heavy atom. The Kier molecular flexibility index (Phi) is 8.80. The predicted molar refractivity (Wildman–Crippen MR) is 145 cm³/mol. The number of hydrogen-bond acceptors (Lipinski definition) is 6. The van der Waals surface area contributed by atoms with Crippen LogP contribution in [0.4, 0.5) is 15.9 Å². The van der Waals surface area contributed by atoms with E-state index in [1.54, 1.807) is 43.3 Å². The molecule has 1 heterocycles. The van der Waals surface area contributed by atoms with Gasteiger partial charge in [0.2, 0.25) is 5.69 Å². The molecule has 2 aromatic carbocycles. The molecule has 0 fully saturated rings. The van der Waals surface area contributed by atoms with Gasteiger partial charge in [-0.25, -0.2) is 14.2 Å². The fourth-order valence-corrected chi connectivity index (χ4v) is 4.79. The number of nitrogens with zero attached hydrogens (tertiary/aromatic N) is 3. The van der Waals surface area contributed by atoms with Crippen LogP contribution in [0.2, 0.25) is 0 Å². The highest BCUT2D eigenvalue weighted by molar-refractivity contribution is 5.77. The summed E-state index contributed by atoms with van der Waals surface area (Å²) in [4.78, 5) is 21.6. The number of ether oxygens (including phenoxy) is 3. The van der Waals surface area contributed by atoms with Gasteiger partial charge >= 0.3 is 5.97 Å². The molecule has 38 heavy (non-hydrogen) atoms. The van der Waals surface area contributed by atoms with E-state index in [1.807, 2.05) is 19.1 Å². The number of benzene rings is 2. The maximum atomic E-state index is 14.8. The monoisotopic (exact) mass is 517 g/mol. The average molecular weight is 518 g/mol. The maximum absolute atomic E-state index is 14.8. The van der Waals surface area contributed by atoms with Crippen LogP contribution in [0.5, 0.6) is 11.5 Å². The summed E-state index contributed by atoms with van der Waals surface area (Å²) in [6.07, 6.45) is 2.92. The number of carbonyl (C=O) groups excluding carboxylic acids is 1. The number of hydrogen-bond donors (Lipinski definition) is 0. The van der Waals surface area contributed by atoms with E-state index < -0.39 is 5.82 Å². The van der Waals surface area contributed by atoms with Crippen molar-refractivity contribution in [1.29, 1.82) is 0 Å². The summed E-state index contributed by atoms with van der Waals surface area (Å²) in [5.74, 6) is 1.18. The molecule has 0 N–H and O–H groups in total. The first kappa shape index (κ1) is 26.9. The lowest BCUT2D eigenvalue weighted by Crippen LogP contribution is -2.22. The first-order valence-corrected chi connectivity index (χ1v) is 12.8. The highest BCUT2D eigenvalue weighted by atomic mass is 19.1. The number of aryl methyl sites for hydroxylation is 1. The molecule has 1 aromatic heterocycles. The largest absolute Gasteiger partial charge is 0.497 e. The number of esters is 1. The van der Waals surface area contributed by atoms with Gasteiger partial charge in [0.1, 0.15) is 11.5 Å². The third-order valence-electron chi connectivity index (χ3n) is 6.72. The Hall–Kier alpha value is -4.12. The van der Waals surface area contributed by atoms with Gasteiger partial charge in [0.05, 0.1) is 39.0 Å². The van der Waals surface area contributed by atoms with Crippen LogP contribution in [-0.4, -0.2) is 44.9 Å². The Bertz CT molecular complexity index is 1320. The first-order chi connectivity index (χ1) is 18.4. The number of rotatable bonds is 11. The SMILES string of the molecule is [C-]#[N+]c1cc(F)c(N(C)CCCOc2ccc3c(c2)CC[C@H]3CC(=O)OCC)nc1-c1ccc(OC)cc1. The number of fused-ring (bicyclic) bond motifs is 1. The van der Waals surface area contributed by atoms with Gasteiger partial charge in [-0.05, 0) is 79.1 Å². The first-order valence-electron chi connectivity index (χ1n) is 12.8. The molecule has 0 radical (unpaired) electrons. The molecule has 4 rings (SSSR count). The number of anilines is 1. The molecule has 198 valence electrons. The van der Waals surface area contributed by atoms with Gasteiger partial charge in [0.25, 0.3) is 0 Å². The van der Waals surface area contributed by atoms with Crippen molar-refractivity contribution in [2.24, 2.45) is 0 Å². The van der Waals surface area contributed by atoms with Crippen molar-refractivity contribution >= 4 is 17.5 Å². The topological polar surface area (TPSA) is 65.3 Å². The van der Waals surface area contributed by atoms with Gasteiger partial charge in [-0.15, -0.1) is 0 Å². The van der Waals surface area contributed by atoms with Crippen LogP contribution in [0.1, 0.15) is 43.2 Å². The van der Waals surface area contributed by atoms with E-state index in [0.717, 1.165) is 24.2 Å². The van der Waals surface area contributed by atoms with E-state index in [4.69, 9.17) is 20.8 Å². The molecule has 1 atom stereocenters. The molecule has 7 nitrogen and oxygen atoms in total. The molecular weight excluding hydrogens is 485 g/mol. The van der Waals surface area contributed by atoms with Crippen LogP contribution in [0.25, 0.3) is 16.1 Å². The third-order valence-corrected chi connectivity index (χ3v) is 6.72. The van der Waals surface area contributed by atoms with Crippen molar-refractivity contribution < 1.29 is 23.4 Å². The second-order valence-corrected chi connectivity index (χ2v) is 9.23. The summed E-state index contributed by atoms with van der Waals surface area (Å²) in [7, 11) is 3.36. The van der Waals surface area contributed by atoms with Gasteiger partial charge in [-0.2, -0.15) is 0 Å². The van der Waals surface area contributed by atoms with Gasteiger partial charge < -0.3 is 19.1 Å². The number of halogens is 1. The fourth-order valence-electron chi connectivity index (χ4n) is 4.79. The molecule has 8 heteroatoms. The highest BCUT2D eigenvalue weighted by Gasteiger charge is 2.25. The smallest absolute Gasteiger partial charge is 0.306 e. The molecule has 0 amide bonds. The highest BCUT2D eigenvalue weighted by Crippen LogP contribution is 2.38. The molecular formula is C30H32FN3O4. The van der Waals surface area contributed by atoms with Crippen molar-refractivity contribution in [3.63, 3.8) is 0 Å². The van der Waals surface area contributed by atoms with Crippen molar-refractivity contribution in [3.05, 3.63) is 76.9 Å². The van der Waals surface area contributed by atoms with Crippen LogP contribution in [0, 0.1) is 12.4 Å². The zero-order chi connectivity index (χ0) is 27.1. The molecule has 0 saturated carbocycles. The van der Waals surface area contributed by atoms with Gasteiger partial charge in [0, 0.05) is 13.6 Å². The van der Waals surface area contributed by atoms with Crippen LogP contribution < -0.4 is 14.4 Å². The summed E-state index contributed by atoms with van der Waals surface area (Å²) in [5, 5.41) is 0. The molecule has 3 aromatic rings. The van der Waals surface area contributed by atoms with Crippen molar-refractivity contribution in [2.45, 2.75) is 38.5 Å². The van der Waals surface area contributed by atoms with Crippen LogP contribution in [0.3, 0.4) is 0 Å². The minimum Gasteiger partial charge on any atom is -0.497 e. The molecule has 0 spiro atoms. The fraction of sp³-hybridized carbons (Fsp3) is 0.367. The summed E-state index contributed by atoms with van der Waals surface area (Å²) >= 11 is 0. The number of aromatic nitrogens is 1.